The van der Waals surface area contributed by atoms with Crippen LogP contribution in [0.2, 0.25) is 0 Å². The van der Waals surface area contributed by atoms with Crippen LogP contribution in [0.25, 0.3) is 0 Å². The topological polar surface area (TPSA) is 252 Å². The van der Waals surface area contributed by atoms with E-state index in [-0.39, 0.29) is 43.7 Å². The molecule has 18 heteroatoms. The van der Waals surface area contributed by atoms with Gasteiger partial charge in [-0.3, -0.25) is 19.0 Å². The Labute approximate surface area is 387 Å². The van der Waals surface area contributed by atoms with Gasteiger partial charge in [0.05, 0.1) is 6.10 Å². The number of aliphatic hydroxyl groups excluding tert-OH is 1. The fourth-order valence-electron chi connectivity index (χ4n) is 7.22. The Hall–Kier alpha value is -4.29. The number of esters is 1. The molecule has 0 aliphatic carbocycles. The minimum absolute atomic E-state index is 0.0614. The molecule has 2 rings (SSSR count). The minimum Gasteiger partial charge on any atom is -0.463 e. The van der Waals surface area contributed by atoms with Crippen LogP contribution in [0.3, 0.4) is 0 Å². The van der Waals surface area contributed by atoms with E-state index in [0.29, 0.717) is 45.1 Å². The Morgan fingerprint density at radius 3 is 1.83 bits per heavy atom. The van der Waals surface area contributed by atoms with Crippen LogP contribution in [0.15, 0.2) is 17.1 Å². The molecule has 5 atom stereocenters. The van der Waals surface area contributed by atoms with Gasteiger partial charge in [-0.1, -0.05) is 84.0 Å². The van der Waals surface area contributed by atoms with E-state index in [1.807, 2.05) is 0 Å². The van der Waals surface area contributed by atoms with Gasteiger partial charge in [-0.05, 0) is 99.1 Å². The van der Waals surface area contributed by atoms with E-state index in [1.165, 1.54) is 81.0 Å². The second kappa shape index (κ2) is 30.8. The van der Waals surface area contributed by atoms with Crippen LogP contribution in [-0.4, -0.2) is 99.8 Å². The maximum absolute atomic E-state index is 13.5. The summed E-state index contributed by atoms with van der Waals surface area (Å²) in [5, 5.41) is 21.3. The van der Waals surface area contributed by atoms with Gasteiger partial charge in [0.25, 0.3) is 0 Å². The zero-order valence-electron chi connectivity index (χ0n) is 40.5. The maximum Gasteiger partial charge on any atom is 0.408 e. The Morgan fingerprint density at radius 1 is 0.785 bits per heavy atom. The van der Waals surface area contributed by atoms with Gasteiger partial charge in [0.2, 0.25) is 11.8 Å². The van der Waals surface area contributed by atoms with Crippen molar-refractivity contribution in [3.8, 4) is 0 Å². The SMILES string of the molecule is CCCCCCCCCCCCCCCC(=O)OC[C@H]1O[C@@H](n2ccc(NC(=O)[C@H](CCCCNC(=O)[C@H](CCCCN)NC(=O)OC(C)(C)C)NC(=O)OC(C)(C)C)nc2=O)C[C@@H]1O. The van der Waals surface area contributed by atoms with Crippen LogP contribution >= 0.6 is 0 Å². The predicted molar refractivity (Wildman–Crippen MR) is 249 cm³/mol. The summed E-state index contributed by atoms with van der Waals surface area (Å²) in [5.41, 5.74) is 3.29. The van der Waals surface area contributed by atoms with Crippen LogP contribution in [0, 0.1) is 0 Å². The third-order valence-electron chi connectivity index (χ3n) is 10.7. The molecule has 1 aliphatic heterocycles. The lowest BCUT2D eigenvalue weighted by Crippen LogP contribution is -2.48. The summed E-state index contributed by atoms with van der Waals surface area (Å²) in [5.74, 6) is -1.47. The van der Waals surface area contributed by atoms with Crippen molar-refractivity contribution in [2.45, 2.75) is 225 Å². The number of nitrogens with two attached hydrogens (primary N) is 1. The van der Waals surface area contributed by atoms with Crippen LogP contribution in [0.4, 0.5) is 15.4 Å². The summed E-state index contributed by atoms with van der Waals surface area (Å²) in [4.78, 5) is 81.2. The first-order chi connectivity index (χ1) is 30.8. The van der Waals surface area contributed by atoms with Gasteiger partial charge in [-0.15, -0.1) is 0 Å². The van der Waals surface area contributed by atoms with Gasteiger partial charge < -0.3 is 51.1 Å². The molecule has 7 N–H and O–H groups in total. The van der Waals surface area contributed by atoms with Crippen molar-refractivity contribution in [2.75, 3.05) is 25.0 Å². The smallest absolute Gasteiger partial charge is 0.408 e. The van der Waals surface area contributed by atoms with Crippen molar-refractivity contribution in [3.05, 3.63) is 22.7 Å². The number of hydrogen-bond acceptors (Lipinski definition) is 13. The Kier molecular flexibility index (Phi) is 27.0. The lowest BCUT2D eigenvalue weighted by atomic mass is 10.0. The zero-order chi connectivity index (χ0) is 48.3. The molecule has 1 saturated heterocycles. The highest BCUT2D eigenvalue weighted by Gasteiger charge is 2.36. The number of nitrogens with zero attached hydrogens (tertiary/aromatic N) is 2. The van der Waals surface area contributed by atoms with Crippen molar-refractivity contribution in [2.24, 2.45) is 5.73 Å². The minimum atomic E-state index is -1.09. The number of rotatable bonds is 31. The highest BCUT2D eigenvalue weighted by molar-refractivity contribution is 5.95. The highest BCUT2D eigenvalue weighted by atomic mass is 16.6. The number of hydrogen-bond donors (Lipinski definition) is 6. The number of aromatic nitrogens is 2. The molecule has 18 nitrogen and oxygen atoms in total. The van der Waals surface area contributed by atoms with E-state index in [2.05, 4.69) is 33.2 Å². The first kappa shape index (κ1) is 56.8. The molecule has 0 radical (unpaired) electrons. The van der Waals surface area contributed by atoms with Crippen molar-refractivity contribution < 1.29 is 48.0 Å². The summed E-state index contributed by atoms with van der Waals surface area (Å²) < 4.78 is 23.2. The number of ether oxygens (including phenoxy) is 4. The van der Waals surface area contributed by atoms with Gasteiger partial charge in [-0.2, -0.15) is 4.98 Å². The van der Waals surface area contributed by atoms with Crippen molar-refractivity contribution in [1.82, 2.24) is 25.5 Å². The van der Waals surface area contributed by atoms with Gasteiger partial charge in [0, 0.05) is 25.6 Å². The molecule has 2 heterocycles. The first-order valence-electron chi connectivity index (χ1n) is 24.2. The van der Waals surface area contributed by atoms with Crippen molar-refractivity contribution in [3.63, 3.8) is 0 Å². The number of carbonyl (C=O) groups is 5. The number of nitrogens with one attached hydrogen (secondary N) is 4. The first-order valence-corrected chi connectivity index (χ1v) is 24.2. The summed E-state index contributed by atoms with van der Waals surface area (Å²) in [6.45, 7) is 13.0. The van der Waals surface area contributed by atoms with Crippen LogP contribution in [0.1, 0.15) is 190 Å². The van der Waals surface area contributed by atoms with E-state index >= 15 is 0 Å². The standard InChI is InChI=1S/C47H83N7O11/c1-8-9-10-11-12-13-14-15-16-17-18-19-20-27-40(56)62-33-37-36(55)32-39(63-37)54-31-28-38(53-43(54)59)52-42(58)35(51-45(61)65-47(5,6)7)26-22-24-30-49-41(57)34(25-21-23-29-48)50-44(60)64-46(2,3)4/h28,31,34-37,39,55H,8-27,29-30,32-33,48H2,1-7H3,(H,49,57)(H,50,60)(H,51,61)(H,52,53,58,59)/t34-,35-,36-,37+,39+/m0/s1. The summed E-state index contributed by atoms with van der Waals surface area (Å²) in [7, 11) is 0. The van der Waals surface area contributed by atoms with Crippen LogP contribution in [0.5, 0.6) is 0 Å². The molecule has 1 aliphatic rings. The summed E-state index contributed by atoms with van der Waals surface area (Å²) in [6, 6.07) is -0.525. The van der Waals surface area contributed by atoms with Gasteiger partial charge in [-0.25, -0.2) is 14.4 Å². The zero-order valence-corrected chi connectivity index (χ0v) is 40.5. The normalized spacial score (nSPS) is 17.2. The molecule has 4 amide bonds. The molecule has 0 spiro atoms. The number of alkyl carbamates (subject to hydrolysis) is 2. The molecular formula is C47H83N7O11. The summed E-state index contributed by atoms with van der Waals surface area (Å²) >= 11 is 0. The van der Waals surface area contributed by atoms with E-state index in [9.17, 15) is 33.9 Å². The van der Waals surface area contributed by atoms with Crippen LogP contribution < -0.4 is 32.7 Å². The molecule has 65 heavy (non-hydrogen) atoms. The molecule has 0 bridgehead atoms. The van der Waals surface area contributed by atoms with Crippen molar-refractivity contribution in [1.29, 1.82) is 0 Å². The molecule has 1 aromatic rings. The number of amides is 4. The van der Waals surface area contributed by atoms with Gasteiger partial charge >= 0.3 is 23.8 Å². The quantitative estimate of drug-likeness (QED) is 0.0248. The second-order valence-corrected chi connectivity index (χ2v) is 19.1. The van der Waals surface area contributed by atoms with E-state index < -0.39 is 65.5 Å². The number of carbonyl (C=O) groups excluding carboxylic acids is 5. The average Bonchev–Trinajstić information content (AvgIpc) is 3.58. The second-order valence-electron chi connectivity index (χ2n) is 19.1. The van der Waals surface area contributed by atoms with E-state index in [0.717, 1.165) is 19.3 Å². The monoisotopic (exact) mass is 922 g/mol. The average molecular weight is 922 g/mol. The molecule has 372 valence electrons. The lowest BCUT2D eigenvalue weighted by molar-refractivity contribution is -0.150. The Bertz CT molecular complexity index is 1630. The Morgan fingerprint density at radius 2 is 1.31 bits per heavy atom. The Balaban J connectivity index is 1.86. The van der Waals surface area contributed by atoms with E-state index in [1.54, 1.807) is 41.5 Å². The van der Waals surface area contributed by atoms with Gasteiger partial charge in [0.15, 0.2) is 0 Å². The number of aliphatic hydroxyl groups is 1. The maximum atomic E-state index is 13.5. The third kappa shape index (κ3) is 25.8. The molecule has 0 saturated carbocycles. The third-order valence-corrected chi connectivity index (χ3v) is 10.7. The molecular weight excluding hydrogens is 839 g/mol. The molecule has 0 aromatic carbocycles. The molecule has 0 unspecified atom stereocenters. The largest absolute Gasteiger partial charge is 0.463 e. The molecule has 1 fully saturated rings. The number of anilines is 1. The lowest BCUT2D eigenvalue weighted by Gasteiger charge is -2.24. The number of unbranched alkanes of at least 4 members (excludes halogenated alkanes) is 14. The predicted octanol–water partition coefficient (Wildman–Crippen LogP) is 7.06. The highest BCUT2D eigenvalue weighted by Crippen LogP contribution is 2.28. The van der Waals surface area contributed by atoms with Crippen LogP contribution in [-0.2, 0) is 33.3 Å². The van der Waals surface area contributed by atoms with Crippen molar-refractivity contribution >= 4 is 35.8 Å². The molecule has 1 aromatic heterocycles. The fourth-order valence-corrected chi connectivity index (χ4v) is 7.22. The van der Waals surface area contributed by atoms with Gasteiger partial charge in [0.1, 0.15) is 48.0 Å². The fraction of sp³-hybridized carbons (Fsp3) is 0.809. The summed E-state index contributed by atoms with van der Waals surface area (Å²) in [6.07, 6.45) is 15.9. The van der Waals surface area contributed by atoms with E-state index in [4.69, 9.17) is 24.7 Å².